The van der Waals surface area contributed by atoms with E-state index in [1.165, 1.54) is 76.5 Å². The van der Waals surface area contributed by atoms with Gasteiger partial charge in [-0.15, -0.1) is 11.6 Å². The Bertz CT molecular complexity index is 362. The van der Waals surface area contributed by atoms with Crippen LogP contribution >= 0.6 is 11.6 Å². The molecule has 0 aromatic carbocycles. The van der Waals surface area contributed by atoms with E-state index in [0.717, 1.165) is 55.8 Å². The fourth-order valence-corrected chi connectivity index (χ4v) is 4.40. The molecule has 3 nitrogen and oxygen atoms in total. The third kappa shape index (κ3) is 9.71. The molecule has 0 bridgehead atoms. The second-order valence-corrected chi connectivity index (χ2v) is 8.40. The minimum Gasteiger partial charge on any atom is -0.390 e. The molecule has 1 aliphatic heterocycles. The van der Waals surface area contributed by atoms with E-state index >= 15 is 0 Å². The lowest BCUT2D eigenvalue weighted by Gasteiger charge is -2.34. The summed E-state index contributed by atoms with van der Waals surface area (Å²) in [7, 11) is 0. The average Bonchev–Trinajstić information content (AvgIpc) is 3.03. The van der Waals surface area contributed by atoms with Crippen molar-refractivity contribution < 1.29 is 9.59 Å². The highest BCUT2D eigenvalue weighted by Crippen LogP contribution is 2.21. The van der Waals surface area contributed by atoms with Crippen LogP contribution in [0.4, 0.5) is 0 Å². The number of halogens is 1. The predicted octanol–water partition coefficient (Wildman–Crippen LogP) is 5.93. The molecule has 0 amide bonds. The van der Waals surface area contributed by atoms with Crippen LogP contribution in [0.1, 0.15) is 96.8 Å². The van der Waals surface area contributed by atoms with Crippen LogP contribution in [0.25, 0.3) is 0 Å². The van der Waals surface area contributed by atoms with E-state index in [1.54, 1.807) is 0 Å². The van der Waals surface area contributed by atoms with E-state index in [9.17, 15) is 5.11 Å². The summed E-state index contributed by atoms with van der Waals surface area (Å²) in [6.07, 6.45) is 18.6. The minimum atomic E-state index is 0.262. The van der Waals surface area contributed by atoms with Gasteiger partial charge in [0.25, 0.3) is 0 Å². The van der Waals surface area contributed by atoms with Gasteiger partial charge in [-0.2, -0.15) is 0 Å². The number of hydrogen-bond donors (Lipinski definition) is 1. The molecule has 1 unspecified atom stereocenters. The zero-order valence-corrected chi connectivity index (χ0v) is 18.1. The van der Waals surface area contributed by atoms with Crippen LogP contribution in [0.3, 0.4) is 0 Å². The lowest BCUT2D eigenvalue weighted by Crippen LogP contribution is -2.53. The van der Waals surface area contributed by atoms with Gasteiger partial charge in [-0.25, -0.2) is 4.99 Å². The van der Waals surface area contributed by atoms with Crippen LogP contribution in [0.15, 0.2) is 4.99 Å². The van der Waals surface area contributed by atoms with Crippen LogP contribution in [0, 0.1) is 0 Å². The Kier molecular flexibility index (Phi) is 14.6. The summed E-state index contributed by atoms with van der Waals surface area (Å²) in [4.78, 5) is 4.81. The predicted molar refractivity (Wildman–Crippen MR) is 115 cm³/mol. The number of aliphatic hydroxyl groups is 1. The van der Waals surface area contributed by atoms with Crippen molar-refractivity contribution in [2.24, 2.45) is 4.99 Å². The number of unbranched alkanes of at least 4 members (excludes halogenated alkanes) is 11. The molecule has 1 aliphatic rings. The molecule has 0 fully saturated rings. The summed E-state index contributed by atoms with van der Waals surface area (Å²) in [6, 6.07) is 0. The fraction of sp³-hybridized carbons (Fsp3) is 0.955. The van der Waals surface area contributed by atoms with Crippen LogP contribution in [0.5, 0.6) is 0 Å². The summed E-state index contributed by atoms with van der Waals surface area (Å²) in [5, 5.41) is 9.53. The summed E-state index contributed by atoms with van der Waals surface area (Å²) >= 11 is 5.85. The SMILES string of the molecule is CCCCCCCCCCCCCC1=NCC[N+]1(CCO)CCCCCl. The second kappa shape index (κ2) is 15.9. The Hall–Kier alpha value is -0.120. The summed E-state index contributed by atoms with van der Waals surface area (Å²) < 4.78 is 0.936. The molecule has 0 saturated heterocycles. The van der Waals surface area contributed by atoms with E-state index in [0.29, 0.717) is 0 Å². The Morgan fingerprint density at radius 3 is 2.04 bits per heavy atom. The number of rotatable bonds is 18. The Morgan fingerprint density at radius 2 is 1.46 bits per heavy atom. The molecule has 0 saturated carbocycles. The highest BCUT2D eigenvalue weighted by atomic mass is 35.5. The van der Waals surface area contributed by atoms with Crippen molar-refractivity contribution in [1.82, 2.24) is 0 Å². The molecule has 0 aromatic rings. The van der Waals surface area contributed by atoms with Gasteiger partial charge in [0, 0.05) is 12.3 Å². The molecule has 1 heterocycles. The smallest absolute Gasteiger partial charge is 0.198 e. The third-order valence-corrected chi connectivity index (χ3v) is 6.14. The van der Waals surface area contributed by atoms with Gasteiger partial charge >= 0.3 is 0 Å². The Labute approximate surface area is 167 Å². The molecule has 1 rings (SSSR count). The highest BCUT2D eigenvalue weighted by molar-refractivity contribution is 6.17. The zero-order valence-electron chi connectivity index (χ0n) is 17.4. The highest BCUT2D eigenvalue weighted by Gasteiger charge is 2.36. The van der Waals surface area contributed by atoms with E-state index in [1.807, 2.05) is 0 Å². The molecule has 1 N–H and O–H groups in total. The number of aliphatic hydroxyl groups excluding tert-OH is 1. The quantitative estimate of drug-likeness (QED) is 0.176. The number of aliphatic imine (C=N–C) groups is 1. The van der Waals surface area contributed by atoms with E-state index < -0.39 is 0 Å². The maximum atomic E-state index is 9.53. The van der Waals surface area contributed by atoms with Crippen molar-refractivity contribution in [3.8, 4) is 0 Å². The molecular formula is C22H44ClN2O+. The molecular weight excluding hydrogens is 344 g/mol. The monoisotopic (exact) mass is 387 g/mol. The maximum absolute atomic E-state index is 9.53. The lowest BCUT2D eigenvalue weighted by atomic mass is 10.0. The first kappa shape index (κ1) is 23.9. The zero-order chi connectivity index (χ0) is 18.9. The summed E-state index contributed by atoms with van der Waals surface area (Å²) in [5.41, 5.74) is 0. The van der Waals surface area contributed by atoms with Crippen LogP contribution < -0.4 is 0 Å². The van der Waals surface area contributed by atoms with E-state index in [2.05, 4.69) is 6.92 Å². The Morgan fingerprint density at radius 1 is 0.846 bits per heavy atom. The first-order valence-electron chi connectivity index (χ1n) is 11.4. The van der Waals surface area contributed by atoms with Crippen molar-refractivity contribution in [3.05, 3.63) is 0 Å². The van der Waals surface area contributed by atoms with Gasteiger partial charge < -0.3 is 5.11 Å². The number of quaternary nitrogens is 1. The maximum Gasteiger partial charge on any atom is 0.198 e. The molecule has 0 aromatic heterocycles. The van der Waals surface area contributed by atoms with Crippen molar-refractivity contribution >= 4 is 17.4 Å². The van der Waals surface area contributed by atoms with Gasteiger partial charge in [0.05, 0.1) is 19.7 Å². The number of amidine groups is 1. The topological polar surface area (TPSA) is 32.6 Å². The van der Waals surface area contributed by atoms with Crippen molar-refractivity contribution in [1.29, 1.82) is 0 Å². The van der Waals surface area contributed by atoms with Crippen molar-refractivity contribution in [2.75, 3.05) is 38.7 Å². The van der Waals surface area contributed by atoms with Gasteiger partial charge in [-0.3, -0.25) is 4.48 Å². The number of alkyl halides is 1. The standard InChI is InChI=1S/C22H44ClN2O/c1-2-3-4-5-6-7-8-9-10-11-12-15-22-24-17-19-25(22,20-21-26)18-14-13-16-23/h26H,2-21H2,1H3/q+1. The average molecular weight is 388 g/mol. The van der Waals surface area contributed by atoms with Crippen molar-refractivity contribution in [3.63, 3.8) is 0 Å². The van der Waals surface area contributed by atoms with Crippen LogP contribution in [0.2, 0.25) is 0 Å². The molecule has 0 aliphatic carbocycles. The molecule has 1 atom stereocenters. The fourth-order valence-electron chi connectivity index (χ4n) is 4.21. The van der Waals surface area contributed by atoms with E-state index in [-0.39, 0.29) is 6.61 Å². The first-order chi connectivity index (χ1) is 12.8. The minimum absolute atomic E-state index is 0.262. The van der Waals surface area contributed by atoms with Gasteiger partial charge in [0.2, 0.25) is 0 Å². The van der Waals surface area contributed by atoms with Crippen LogP contribution in [-0.2, 0) is 0 Å². The van der Waals surface area contributed by atoms with Crippen LogP contribution in [-0.4, -0.2) is 54.1 Å². The molecule has 0 radical (unpaired) electrons. The molecule has 0 spiro atoms. The summed E-state index contributed by atoms with van der Waals surface area (Å²) in [5.74, 6) is 2.09. The molecule has 154 valence electrons. The van der Waals surface area contributed by atoms with Gasteiger partial charge in [0.1, 0.15) is 13.1 Å². The van der Waals surface area contributed by atoms with Gasteiger partial charge in [-0.05, 0) is 19.3 Å². The van der Waals surface area contributed by atoms with Gasteiger partial charge in [-0.1, -0.05) is 71.1 Å². The van der Waals surface area contributed by atoms with E-state index in [4.69, 9.17) is 16.6 Å². The molecule has 26 heavy (non-hydrogen) atoms. The normalized spacial score (nSPS) is 19.9. The first-order valence-corrected chi connectivity index (χ1v) is 11.9. The molecule has 4 heteroatoms. The van der Waals surface area contributed by atoms with Gasteiger partial charge in [0.15, 0.2) is 5.84 Å². The number of nitrogens with zero attached hydrogens (tertiary/aromatic N) is 2. The second-order valence-electron chi connectivity index (χ2n) is 8.02. The lowest BCUT2D eigenvalue weighted by molar-refractivity contribution is -0.837. The third-order valence-electron chi connectivity index (χ3n) is 5.87. The Balaban J connectivity index is 2.12. The summed E-state index contributed by atoms with van der Waals surface area (Å²) in [6.45, 7) is 6.50. The largest absolute Gasteiger partial charge is 0.390 e. The van der Waals surface area contributed by atoms with Crippen molar-refractivity contribution in [2.45, 2.75) is 96.8 Å². The number of hydrogen-bond acceptors (Lipinski definition) is 2.